The van der Waals surface area contributed by atoms with Crippen LogP contribution in [0.3, 0.4) is 0 Å². The third-order valence-electron chi connectivity index (χ3n) is 6.09. The highest BCUT2D eigenvalue weighted by Gasteiger charge is 2.18. The second-order valence-electron chi connectivity index (χ2n) is 8.14. The predicted octanol–water partition coefficient (Wildman–Crippen LogP) is 2.92. The van der Waals surface area contributed by atoms with E-state index in [9.17, 15) is 0 Å². The number of fused-ring (bicyclic) bond motifs is 4. The molecule has 0 saturated heterocycles. The number of para-hydroxylation sites is 1. The Morgan fingerprint density at radius 2 is 1.81 bits per heavy atom. The van der Waals surface area contributed by atoms with Gasteiger partial charge in [0.15, 0.2) is 11.5 Å². The van der Waals surface area contributed by atoms with Gasteiger partial charge in [-0.1, -0.05) is 24.3 Å². The lowest BCUT2D eigenvalue weighted by molar-refractivity contribution is 0.256. The van der Waals surface area contributed by atoms with Gasteiger partial charge in [-0.15, -0.1) is 5.10 Å². The number of benzene rings is 2. The number of nitrogens with two attached hydrogens (primary N) is 1. The van der Waals surface area contributed by atoms with Crippen LogP contribution >= 0.6 is 0 Å². The summed E-state index contributed by atoms with van der Waals surface area (Å²) in [6.45, 7) is 2.83. The Balaban J connectivity index is 1.21. The van der Waals surface area contributed by atoms with Gasteiger partial charge >= 0.3 is 0 Å². The van der Waals surface area contributed by atoms with Gasteiger partial charge in [0.25, 0.3) is 0 Å². The lowest BCUT2D eigenvalue weighted by atomic mass is 9.95. The van der Waals surface area contributed by atoms with Crippen molar-refractivity contribution in [2.24, 2.45) is 0 Å². The van der Waals surface area contributed by atoms with E-state index < -0.39 is 0 Å². The zero-order valence-corrected chi connectivity index (χ0v) is 17.5. The number of aromatic nitrogens is 6. The first-order chi connectivity index (χ1) is 15.7. The SMILES string of the molecule is Nc1nc2ccccc2c2nc(CCN3CCc4ccc(-c5cncnc5)cc4C3)nn12. The van der Waals surface area contributed by atoms with E-state index in [0.717, 1.165) is 66.0 Å². The lowest BCUT2D eigenvalue weighted by Gasteiger charge is -2.28. The van der Waals surface area contributed by atoms with Crippen molar-refractivity contribution in [2.45, 2.75) is 19.4 Å². The van der Waals surface area contributed by atoms with E-state index >= 15 is 0 Å². The molecule has 4 heterocycles. The number of hydrogen-bond donors (Lipinski definition) is 1. The van der Waals surface area contributed by atoms with E-state index in [4.69, 9.17) is 10.7 Å². The predicted molar refractivity (Wildman–Crippen MR) is 123 cm³/mol. The Kier molecular flexibility index (Phi) is 4.50. The molecule has 0 unspecified atom stereocenters. The third kappa shape index (κ3) is 3.34. The molecule has 158 valence electrons. The molecule has 1 aliphatic rings. The van der Waals surface area contributed by atoms with E-state index in [2.05, 4.69) is 43.1 Å². The topological polar surface area (TPSA) is 98.1 Å². The van der Waals surface area contributed by atoms with Crippen LogP contribution in [0, 0.1) is 0 Å². The minimum atomic E-state index is 0.363. The van der Waals surface area contributed by atoms with Gasteiger partial charge in [-0.3, -0.25) is 4.90 Å². The second kappa shape index (κ2) is 7.65. The number of rotatable bonds is 4. The maximum Gasteiger partial charge on any atom is 0.223 e. The van der Waals surface area contributed by atoms with Gasteiger partial charge in [0, 0.05) is 49.4 Å². The highest BCUT2D eigenvalue weighted by molar-refractivity contribution is 5.92. The Morgan fingerprint density at radius 3 is 2.72 bits per heavy atom. The highest BCUT2D eigenvalue weighted by atomic mass is 15.3. The molecule has 0 radical (unpaired) electrons. The molecule has 5 aromatic rings. The monoisotopic (exact) mass is 422 g/mol. The van der Waals surface area contributed by atoms with Crippen LogP contribution in [0.25, 0.3) is 27.7 Å². The van der Waals surface area contributed by atoms with Crippen molar-refractivity contribution in [3.05, 3.63) is 78.1 Å². The summed E-state index contributed by atoms with van der Waals surface area (Å²) in [5.74, 6) is 1.15. The van der Waals surface area contributed by atoms with Gasteiger partial charge in [-0.2, -0.15) is 4.52 Å². The van der Waals surface area contributed by atoms with Crippen LogP contribution in [0.1, 0.15) is 17.0 Å². The maximum absolute atomic E-state index is 6.12. The second-order valence-corrected chi connectivity index (χ2v) is 8.14. The Labute approximate surface area is 184 Å². The fraction of sp³-hybridized carbons (Fsp3) is 0.208. The molecule has 1 aliphatic heterocycles. The van der Waals surface area contributed by atoms with E-state index in [-0.39, 0.29) is 0 Å². The number of nitrogen functional groups attached to an aromatic ring is 1. The van der Waals surface area contributed by atoms with E-state index in [1.165, 1.54) is 11.1 Å². The van der Waals surface area contributed by atoms with Gasteiger partial charge in [0.2, 0.25) is 5.95 Å². The average Bonchev–Trinajstić information content (AvgIpc) is 3.28. The zero-order chi connectivity index (χ0) is 21.5. The summed E-state index contributed by atoms with van der Waals surface area (Å²) >= 11 is 0. The van der Waals surface area contributed by atoms with Gasteiger partial charge in [0.1, 0.15) is 6.33 Å². The van der Waals surface area contributed by atoms with E-state index in [1.54, 1.807) is 10.8 Å². The Bertz CT molecular complexity index is 1430. The Morgan fingerprint density at radius 1 is 0.938 bits per heavy atom. The normalized spacial score (nSPS) is 14.1. The Hall–Kier alpha value is -3.91. The first-order valence-electron chi connectivity index (χ1n) is 10.7. The molecule has 8 nitrogen and oxygen atoms in total. The minimum absolute atomic E-state index is 0.363. The molecular formula is C24H22N8. The van der Waals surface area contributed by atoms with Gasteiger partial charge < -0.3 is 5.73 Å². The fourth-order valence-corrected chi connectivity index (χ4v) is 4.42. The zero-order valence-electron chi connectivity index (χ0n) is 17.5. The van der Waals surface area contributed by atoms with Crippen LogP contribution in [0.4, 0.5) is 5.95 Å². The van der Waals surface area contributed by atoms with Crippen molar-refractivity contribution in [2.75, 3.05) is 18.8 Å². The van der Waals surface area contributed by atoms with Crippen molar-refractivity contribution in [1.82, 2.24) is 34.4 Å². The van der Waals surface area contributed by atoms with Crippen molar-refractivity contribution < 1.29 is 0 Å². The van der Waals surface area contributed by atoms with Crippen LogP contribution in [0.2, 0.25) is 0 Å². The molecule has 0 atom stereocenters. The summed E-state index contributed by atoms with van der Waals surface area (Å²) in [6, 6.07) is 14.5. The molecule has 2 aromatic carbocycles. The molecule has 0 bridgehead atoms. The molecule has 0 fully saturated rings. The van der Waals surface area contributed by atoms with Gasteiger partial charge in [-0.25, -0.2) is 19.9 Å². The molecular weight excluding hydrogens is 400 g/mol. The molecule has 0 saturated carbocycles. The molecule has 0 spiro atoms. The average molecular weight is 422 g/mol. The number of anilines is 1. The van der Waals surface area contributed by atoms with Gasteiger partial charge in [0.05, 0.1) is 5.52 Å². The fourth-order valence-electron chi connectivity index (χ4n) is 4.42. The summed E-state index contributed by atoms with van der Waals surface area (Å²) in [7, 11) is 0. The van der Waals surface area contributed by atoms with Crippen LogP contribution in [-0.2, 0) is 19.4 Å². The van der Waals surface area contributed by atoms with Crippen molar-refractivity contribution in [1.29, 1.82) is 0 Å². The van der Waals surface area contributed by atoms with Crippen LogP contribution in [0.15, 0.2) is 61.2 Å². The number of hydrogen-bond acceptors (Lipinski definition) is 7. The summed E-state index contributed by atoms with van der Waals surface area (Å²) in [4.78, 5) is 20.0. The van der Waals surface area contributed by atoms with Crippen molar-refractivity contribution >= 4 is 22.5 Å². The lowest BCUT2D eigenvalue weighted by Crippen LogP contribution is -2.32. The molecule has 0 amide bonds. The van der Waals surface area contributed by atoms with E-state index in [0.29, 0.717) is 5.95 Å². The highest BCUT2D eigenvalue weighted by Crippen LogP contribution is 2.26. The first kappa shape index (κ1) is 18.8. The minimum Gasteiger partial charge on any atom is -0.368 e. The third-order valence-corrected chi connectivity index (χ3v) is 6.09. The summed E-state index contributed by atoms with van der Waals surface area (Å²) in [5.41, 5.74) is 12.7. The van der Waals surface area contributed by atoms with Crippen LogP contribution < -0.4 is 5.73 Å². The standard InChI is InChI=1S/C24H22N8/c25-24-28-21-4-2-1-3-20(21)23-29-22(30-32(23)24)8-10-31-9-7-16-5-6-17(11-18(16)14-31)19-12-26-15-27-13-19/h1-6,11-13,15H,7-10,14H2,(H2,25,28). The molecule has 32 heavy (non-hydrogen) atoms. The van der Waals surface area contributed by atoms with Crippen molar-refractivity contribution in [3.8, 4) is 11.1 Å². The molecule has 3 aromatic heterocycles. The summed E-state index contributed by atoms with van der Waals surface area (Å²) in [5, 5.41) is 5.59. The maximum atomic E-state index is 6.12. The quantitative estimate of drug-likeness (QED) is 0.475. The smallest absolute Gasteiger partial charge is 0.223 e. The van der Waals surface area contributed by atoms with Crippen molar-refractivity contribution in [3.63, 3.8) is 0 Å². The summed E-state index contributed by atoms with van der Waals surface area (Å²) < 4.78 is 1.65. The van der Waals surface area contributed by atoms with E-state index in [1.807, 2.05) is 36.7 Å². The summed E-state index contributed by atoms with van der Waals surface area (Å²) in [6.07, 6.45) is 7.07. The molecule has 2 N–H and O–H groups in total. The number of nitrogens with zero attached hydrogens (tertiary/aromatic N) is 7. The molecule has 8 heteroatoms. The molecule has 6 rings (SSSR count). The largest absolute Gasteiger partial charge is 0.368 e. The van der Waals surface area contributed by atoms with Crippen LogP contribution in [-0.4, -0.2) is 47.5 Å². The molecule has 0 aliphatic carbocycles. The van der Waals surface area contributed by atoms with Gasteiger partial charge in [-0.05, 0) is 41.3 Å². The van der Waals surface area contributed by atoms with Crippen LogP contribution in [0.5, 0.6) is 0 Å². The first-order valence-corrected chi connectivity index (χ1v) is 10.7.